The number of carbonyl (C=O) groups excluding carboxylic acids is 1. The fourth-order valence-electron chi connectivity index (χ4n) is 2.37. The highest BCUT2D eigenvalue weighted by Gasteiger charge is 2.32. The number of aromatic nitrogens is 1. The minimum Gasteiger partial charge on any atom is -0.473 e. The van der Waals surface area contributed by atoms with Crippen molar-refractivity contribution in [1.82, 2.24) is 10.3 Å². The molecular formula is C17H27N3O3. The molecule has 0 radical (unpaired) electrons. The topological polar surface area (TPSA) is 72.5 Å². The van der Waals surface area contributed by atoms with Gasteiger partial charge in [0.15, 0.2) is 0 Å². The van der Waals surface area contributed by atoms with Crippen molar-refractivity contribution in [3.63, 3.8) is 0 Å². The molecule has 2 rings (SSSR count). The number of amides is 1. The van der Waals surface area contributed by atoms with Crippen molar-refractivity contribution >= 4 is 11.8 Å². The summed E-state index contributed by atoms with van der Waals surface area (Å²) in [6.45, 7) is 9.52. The standard InChI is InChI=1S/C17H27N3O3/c1-11(2)22-15-14(7-6-8-18-15)19-12-9-13(10-12)20-16(21)23-17(3,4)5/h6-8,11-13,19H,9-10H2,1-5H3,(H,20,21). The van der Waals surface area contributed by atoms with E-state index in [9.17, 15) is 4.79 Å². The number of pyridine rings is 1. The SMILES string of the molecule is CC(C)Oc1ncccc1NC1CC(NC(=O)OC(C)(C)C)C1. The lowest BCUT2D eigenvalue weighted by Crippen LogP contribution is -2.50. The van der Waals surface area contributed by atoms with E-state index in [1.165, 1.54) is 0 Å². The van der Waals surface area contributed by atoms with Gasteiger partial charge in [-0.05, 0) is 59.6 Å². The number of carbonyl (C=O) groups is 1. The number of nitrogens with one attached hydrogen (secondary N) is 2. The zero-order valence-electron chi connectivity index (χ0n) is 14.6. The van der Waals surface area contributed by atoms with E-state index in [0.717, 1.165) is 18.5 Å². The second kappa shape index (κ2) is 7.06. The second-order valence-corrected chi connectivity index (χ2v) is 7.18. The van der Waals surface area contributed by atoms with Crippen LogP contribution in [0, 0.1) is 0 Å². The molecule has 0 aliphatic heterocycles. The largest absolute Gasteiger partial charge is 0.473 e. The van der Waals surface area contributed by atoms with E-state index in [1.54, 1.807) is 6.20 Å². The maximum absolute atomic E-state index is 11.7. The zero-order chi connectivity index (χ0) is 17.0. The third-order valence-corrected chi connectivity index (χ3v) is 3.34. The van der Waals surface area contributed by atoms with E-state index in [2.05, 4.69) is 15.6 Å². The normalized spacial score (nSPS) is 20.6. The molecule has 1 aromatic heterocycles. The summed E-state index contributed by atoms with van der Waals surface area (Å²) in [5.74, 6) is 0.617. The molecule has 1 heterocycles. The van der Waals surface area contributed by atoms with Crippen molar-refractivity contribution in [2.45, 2.75) is 71.2 Å². The van der Waals surface area contributed by atoms with E-state index in [-0.39, 0.29) is 18.2 Å². The Balaban J connectivity index is 1.79. The van der Waals surface area contributed by atoms with Gasteiger partial charge >= 0.3 is 6.09 Å². The number of hydrogen-bond donors (Lipinski definition) is 2. The quantitative estimate of drug-likeness (QED) is 0.870. The van der Waals surface area contributed by atoms with Crippen LogP contribution in [0.1, 0.15) is 47.5 Å². The maximum atomic E-state index is 11.7. The Bertz CT molecular complexity index is 534. The molecule has 0 bridgehead atoms. The molecule has 1 aliphatic carbocycles. The van der Waals surface area contributed by atoms with Crippen LogP contribution in [0.4, 0.5) is 10.5 Å². The van der Waals surface area contributed by atoms with Crippen molar-refractivity contribution in [2.24, 2.45) is 0 Å². The number of nitrogens with zero attached hydrogens (tertiary/aromatic N) is 1. The third-order valence-electron chi connectivity index (χ3n) is 3.34. The maximum Gasteiger partial charge on any atom is 0.407 e. The molecule has 0 spiro atoms. The smallest absolute Gasteiger partial charge is 0.407 e. The molecular weight excluding hydrogens is 294 g/mol. The van der Waals surface area contributed by atoms with Crippen LogP contribution in [-0.2, 0) is 4.74 Å². The number of ether oxygens (including phenoxy) is 2. The summed E-state index contributed by atoms with van der Waals surface area (Å²) in [4.78, 5) is 16.0. The van der Waals surface area contributed by atoms with Gasteiger partial charge in [0.05, 0.1) is 11.8 Å². The monoisotopic (exact) mass is 321 g/mol. The van der Waals surface area contributed by atoms with Gasteiger partial charge in [0.25, 0.3) is 0 Å². The van der Waals surface area contributed by atoms with Gasteiger partial charge in [-0.25, -0.2) is 9.78 Å². The van der Waals surface area contributed by atoms with Crippen LogP contribution in [0.15, 0.2) is 18.3 Å². The number of hydrogen-bond acceptors (Lipinski definition) is 5. The lowest BCUT2D eigenvalue weighted by Gasteiger charge is -2.37. The molecule has 0 unspecified atom stereocenters. The molecule has 1 fully saturated rings. The Morgan fingerprint density at radius 1 is 1.30 bits per heavy atom. The Morgan fingerprint density at radius 3 is 2.61 bits per heavy atom. The van der Waals surface area contributed by atoms with Crippen LogP contribution in [0.3, 0.4) is 0 Å². The van der Waals surface area contributed by atoms with Gasteiger partial charge in [0.2, 0.25) is 5.88 Å². The Kier molecular flexibility index (Phi) is 5.34. The molecule has 0 atom stereocenters. The average molecular weight is 321 g/mol. The first-order valence-electron chi connectivity index (χ1n) is 8.10. The minimum absolute atomic E-state index is 0.0772. The van der Waals surface area contributed by atoms with Crippen molar-refractivity contribution in [1.29, 1.82) is 0 Å². The van der Waals surface area contributed by atoms with Crippen LogP contribution >= 0.6 is 0 Å². The zero-order valence-corrected chi connectivity index (χ0v) is 14.6. The number of alkyl carbamates (subject to hydrolysis) is 1. The molecule has 6 heteroatoms. The molecule has 2 N–H and O–H groups in total. The first-order valence-corrected chi connectivity index (χ1v) is 8.10. The van der Waals surface area contributed by atoms with Crippen molar-refractivity contribution in [2.75, 3.05) is 5.32 Å². The molecule has 6 nitrogen and oxygen atoms in total. The predicted molar refractivity (Wildman–Crippen MR) is 89.8 cm³/mol. The predicted octanol–water partition coefficient (Wildman–Crippen LogP) is 3.34. The lowest BCUT2D eigenvalue weighted by molar-refractivity contribution is 0.0475. The van der Waals surface area contributed by atoms with Crippen LogP contribution in [-0.4, -0.2) is 34.9 Å². The fourth-order valence-corrected chi connectivity index (χ4v) is 2.37. The molecule has 1 aliphatic rings. The molecule has 23 heavy (non-hydrogen) atoms. The molecule has 1 aromatic rings. The van der Waals surface area contributed by atoms with Crippen LogP contribution < -0.4 is 15.4 Å². The average Bonchev–Trinajstić information content (AvgIpc) is 2.35. The van der Waals surface area contributed by atoms with Gasteiger partial charge in [0.1, 0.15) is 5.60 Å². The molecule has 128 valence electrons. The summed E-state index contributed by atoms with van der Waals surface area (Å²) in [7, 11) is 0. The van der Waals surface area contributed by atoms with E-state index in [1.807, 2.05) is 46.8 Å². The van der Waals surface area contributed by atoms with Gasteiger partial charge in [-0.1, -0.05) is 0 Å². The molecule has 0 saturated heterocycles. The molecule has 0 aromatic carbocycles. The summed E-state index contributed by atoms with van der Waals surface area (Å²) < 4.78 is 11.0. The van der Waals surface area contributed by atoms with Crippen LogP contribution in [0.2, 0.25) is 0 Å². The minimum atomic E-state index is -0.468. The third kappa shape index (κ3) is 5.62. The summed E-state index contributed by atoms with van der Waals surface area (Å²) >= 11 is 0. The lowest BCUT2D eigenvalue weighted by atomic mass is 9.86. The van der Waals surface area contributed by atoms with Gasteiger partial charge in [0, 0.05) is 18.3 Å². The molecule has 1 amide bonds. The summed E-state index contributed by atoms with van der Waals surface area (Å²) in [6, 6.07) is 4.28. The van der Waals surface area contributed by atoms with E-state index >= 15 is 0 Å². The first-order chi connectivity index (χ1) is 10.7. The number of anilines is 1. The highest BCUT2D eigenvalue weighted by molar-refractivity contribution is 5.68. The first kappa shape index (κ1) is 17.4. The molecule has 1 saturated carbocycles. The summed E-state index contributed by atoms with van der Waals surface area (Å²) in [6.07, 6.45) is 3.15. The van der Waals surface area contributed by atoms with Crippen molar-refractivity contribution in [3.05, 3.63) is 18.3 Å². The Morgan fingerprint density at radius 2 is 2.00 bits per heavy atom. The Hall–Kier alpha value is -1.98. The summed E-state index contributed by atoms with van der Waals surface area (Å²) in [5, 5.41) is 6.31. The van der Waals surface area contributed by atoms with Gasteiger partial charge in [-0.2, -0.15) is 0 Å². The van der Waals surface area contributed by atoms with Crippen molar-refractivity contribution < 1.29 is 14.3 Å². The second-order valence-electron chi connectivity index (χ2n) is 7.18. The fraction of sp³-hybridized carbons (Fsp3) is 0.647. The highest BCUT2D eigenvalue weighted by Crippen LogP contribution is 2.29. The highest BCUT2D eigenvalue weighted by atomic mass is 16.6. The Labute approximate surface area is 138 Å². The van der Waals surface area contributed by atoms with E-state index < -0.39 is 5.60 Å². The van der Waals surface area contributed by atoms with Crippen LogP contribution in [0.25, 0.3) is 0 Å². The van der Waals surface area contributed by atoms with E-state index in [0.29, 0.717) is 11.9 Å². The number of rotatable bonds is 5. The van der Waals surface area contributed by atoms with E-state index in [4.69, 9.17) is 9.47 Å². The van der Waals surface area contributed by atoms with Crippen LogP contribution in [0.5, 0.6) is 5.88 Å². The van der Waals surface area contributed by atoms with Gasteiger partial charge < -0.3 is 20.1 Å². The van der Waals surface area contributed by atoms with Gasteiger partial charge in [-0.3, -0.25) is 0 Å². The van der Waals surface area contributed by atoms with Crippen molar-refractivity contribution in [3.8, 4) is 5.88 Å². The van der Waals surface area contributed by atoms with Gasteiger partial charge in [-0.15, -0.1) is 0 Å². The summed E-state index contributed by atoms with van der Waals surface area (Å²) in [5.41, 5.74) is 0.423.